The summed E-state index contributed by atoms with van der Waals surface area (Å²) in [5.41, 5.74) is 0.725. The van der Waals surface area contributed by atoms with Crippen LogP contribution in [0, 0.1) is 58.2 Å². The third-order valence-corrected chi connectivity index (χ3v) is 10.2. The van der Waals surface area contributed by atoms with E-state index in [9.17, 15) is 5.11 Å². The summed E-state index contributed by atoms with van der Waals surface area (Å²) >= 11 is 0. The number of fused-ring (bicyclic) bond motifs is 5. The summed E-state index contributed by atoms with van der Waals surface area (Å²) in [7, 11) is 0. The first-order chi connectivity index (χ1) is 14.3. The molecule has 4 aliphatic carbocycles. The lowest BCUT2D eigenvalue weighted by Crippen LogP contribution is -2.51. The molecule has 0 radical (unpaired) electrons. The topological polar surface area (TPSA) is 61.8 Å². The highest BCUT2D eigenvalue weighted by atomic mass is 16.3. The van der Waals surface area contributed by atoms with E-state index in [2.05, 4.69) is 31.9 Å². The predicted molar refractivity (Wildman–Crippen MR) is 117 cm³/mol. The summed E-state index contributed by atoms with van der Waals surface area (Å²) < 4.78 is 1.99. The van der Waals surface area contributed by atoms with Crippen molar-refractivity contribution in [2.24, 2.45) is 46.8 Å². The lowest BCUT2D eigenvalue weighted by molar-refractivity contribution is -0.103. The monoisotopic (exact) mass is 409 g/mol. The molecule has 4 saturated carbocycles. The molecule has 0 amide bonds. The third-order valence-electron chi connectivity index (χ3n) is 10.2. The van der Waals surface area contributed by atoms with Crippen LogP contribution in [0.2, 0.25) is 0 Å². The number of rotatable bonds is 3. The summed E-state index contributed by atoms with van der Waals surface area (Å²) in [5, 5.41) is 24.1. The summed E-state index contributed by atoms with van der Waals surface area (Å²) in [6, 6.07) is 2.20. The van der Waals surface area contributed by atoms with Crippen molar-refractivity contribution in [2.45, 2.75) is 90.7 Å². The van der Waals surface area contributed by atoms with E-state index >= 15 is 0 Å². The predicted octanol–water partition coefficient (Wildman–Crippen LogP) is 5.41. The summed E-state index contributed by atoms with van der Waals surface area (Å²) in [6.07, 6.45) is 15.2. The van der Waals surface area contributed by atoms with Crippen LogP contribution in [0.25, 0.3) is 0 Å². The summed E-state index contributed by atoms with van der Waals surface area (Å²) in [6.45, 7) is 8.03. The standard InChI is InChI=1S/C26H39N3O/c1-17(15-29-16-18(13-27)14-28-29)23-6-7-24-22-5-4-19-12-25(2,30)10-8-20(19)21(22)9-11-26(23,24)3/h14,16-17,19-24,30H,4-12,15H2,1-3H3/t17-,19-,20?,21-,22?,23-,24+,25-,26-/m1/s1. The normalized spacial score (nSPS) is 46.4. The fourth-order valence-corrected chi connectivity index (χ4v) is 9.00. The van der Waals surface area contributed by atoms with Crippen LogP contribution in [0.5, 0.6) is 0 Å². The molecule has 1 N–H and O–H groups in total. The van der Waals surface area contributed by atoms with Crippen LogP contribution in [0.15, 0.2) is 12.4 Å². The highest BCUT2D eigenvalue weighted by Crippen LogP contribution is 2.65. The van der Waals surface area contributed by atoms with Crippen molar-refractivity contribution in [1.82, 2.24) is 9.78 Å². The molecule has 4 fully saturated rings. The molecule has 30 heavy (non-hydrogen) atoms. The van der Waals surface area contributed by atoms with Crippen LogP contribution < -0.4 is 0 Å². The van der Waals surface area contributed by atoms with E-state index in [0.29, 0.717) is 16.9 Å². The van der Waals surface area contributed by atoms with E-state index in [1.165, 1.54) is 44.9 Å². The minimum atomic E-state index is -0.414. The Balaban J connectivity index is 1.30. The third kappa shape index (κ3) is 3.32. The second-order valence-electron chi connectivity index (χ2n) is 11.9. The molecule has 4 aliphatic rings. The Morgan fingerprint density at radius 1 is 1.13 bits per heavy atom. The molecule has 1 aromatic rings. The molecule has 1 aromatic heterocycles. The van der Waals surface area contributed by atoms with Gasteiger partial charge in [0.25, 0.3) is 0 Å². The van der Waals surface area contributed by atoms with Gasteiger partial charge in [-0.05, 0) is 112 Å². The molecule has 0 aromatic carbocycles. The van der Waals surface area contributed by atoms with E-state index in [0.717, 1.165) is 54.9 Å². The lowest BCUT2D eigenvalue weighted by Gasteiger charge is -2.57. The van der Waals surface area contributed by atoms with Crippen LogP contribution in [-0.4, -0.2) is 20.5 Å². The number of hydrogen-bond acceptors (Lipinski definition) is 3. The number of nitrogens with zero attached hydrogens (tertiary/aromatic N) is 3. The van der Waals surface area contributed by atoms with Gasteiger partial charge in [-0.15, -0.1) is 0 Å². The van der Waals surface area contributed by atoms with Crippen molar-refractivity contribution < 1.29 is 5.11 Å². The second kappa shape index (κ2) is 7.37. The highest BCUT2D eigenvalue weighted by molar-refractivity contribution is 5.21. The maximum atomic E-state index is 10.6. The van der Waals surface area contributed by atoms with Gasteiger partial charge in [-0.3, -0.25) is 4.68 Å². The zero-order chi connectivity index (χ0) is 21.1. The zero-order valence-electron chi connectivity index (χ0n) is 19.1. The van der Waals surface area contributed by atoms with E-state index in [1.54, 1.807) is 6.20 Å². The van der Waals surface area contributed by atoms with E-state index < -0.39 is 5.60 Å². The molecule has 4 heteroatoms. The van der Waals surface area contributed by atoms with Crippen molar-refractivity contribution in [3.8, 4) is 6.07 Å². The molecule has 4 nitrogen and oxygen atoms in total. The zero-order valence-corrected chi connectivity index (χ0v) is 19.1. The Kier molecular flexibility index (Phi) is 5.05. The van der Waals surface area contributed by atoms with Crippen LogP contribution in [-0.2, 0) is 6.54 Å². The van der Waals surface area contributed by atoms with Crippen LogP contribution in [0.1, 0.15) is 84.1 Å². The van der Waals surface area contributed by atoms with Gasteiger partial charge in [0.05, 0.1) is 17.4 Å². The van der Waals surface area contributed by atoms with Crippen LogP contribution >= 0.6 is 0 Å². The lowest BCUT2D eigenvalue weighted by atomic mass is 9.48. The van der Waals surface area contributed by atoms with E-state index in [1.807, 2.05) is 10.9 Å². The first-order valence-electron chi connectivity index (χ1n) is 12.5. The fraction of sp³-hybridized carbons (Fsp3) is 0.846. The van der Waals surface area contributed by atoms with Crippen molar-refractivity contribution in [2.75, 3.05) is 0 Å². The first-order valence-corrected chi connectivity index (χ1v) is 12.5. The number of aliphatic hydroxyl groups is 1. The Morgan fingerprint density at radius 2 is 1.93 bits per heavy atom. The Labute approximate surface area is 182 Å². The highest BCUT2D eigenvalue weighted by Gasteiger charge is 2.58. The maximum Gasteiger partial charge on any atom is 0.102 e. The molecule has 9 atom stereocenters. The van der Waals surface area contributed by atoms with Crippen LogP contribution in [0.3, 0.4) is 0 Å². The Morgan fingerprint density at radius 3 is 2.70 bits per heavy atom. The van der Waals surface area contributed by atoms with Crippen molar-refractivity contribution >= 4 is 0 Å². The van der Waals surface area contributed by atoms with Gasteiger partial charge in [-0.2, -0.15) is 10.4 Å². The molecule has 0 bridgehead atoms. The van der Waals surface area contributed by atoms with Crippen molar-refractivity contribution in [3.63, 3.8) is 0 Å². The van der Waals surface area contributed by atoms with Gasteiger partial charge in [-0.1, -0.05) is 13.8 Å². The molecule has 0 aliphatic heterocycles. The van der Waals surface area contributed by atoms with Gasteiger partial charge in [0.15, 0.2) is 0 Å². The summed E-state index contributed by atoms with van der Waals surface area (Å²) in [5.74, 6) is 5.73. The van der Waals surface area contributed by atoms with Gasteiger partial charge in [0.2, 0.25) is 0 Å². The fourth-order valence-electron chi connectivity index (χ4n) is 9.00. The molecule has 0 saturated heterocycles. The number of nitriles is 1. The maximum absolute atomic E-state index is 10.6. The molecular weight excluding hydrogens is 370 g/mol. The Hall–Kier alpha value is -1.34. The average Bonchev–Trinajstić information content (AvgIpc) is 3.30. The van der Waals surface area contributed by atoms with E-state index in [-0.39, 0.29) is 0 Å². The molecule has 1 heterocycles. The molecule has 164 valence electrons. The molecule has 0 spiro atoms. The largest absolute Gasteiger partial charge is 0.390 e. The SMILES string of the molecule is C[C@H](Cn1cc(C#N)cn1)[C@H]1CC[C@H]2C3CC[C@@H]4C[C@](C)(O)CCC4[C@H]3CC[C@]12C. The number of hydrogen-bond donors (Lipinski definition) is 1. The smallest absolute Gasteiger partial charge is 0.102 e. The van der Waals surface area contributed by atoms with Gasteiger partial charge in [0.1, 0.15) is 6.07 Å². The van der Waals surface area contributed by atoms with E-state index in [4.69, 9.17) is 5.26 Å². The van der Waals surface area contributed by atoms with Crippen molar-refractivity contribution in [3.05, 3.63) is 18.0 Å². The molecule has 2 unspecified atom stereocenters. The first kappa shape index (κ1) is 20.6. The van der Waals surface area contributed by atoms with Gasteiger partial charge in [0, 0.05) is 12.7 Å². The van der Waals surface area contributed by atoms with Gasteiger partial charge < -0.3 is 5.11 Å². The molecule has 5 rings (SSSR count). The second-order valence-corrected chi connectivity index (χ2v) is 11.9. The molecular formula is C26H39N3O. The summed E-state index contributed by atoms with van der Waals surface area (Å²) in [4.78, 5) is 0. The minimum absolute atomic E-state index is 0.414. The average molecular weight is 410 g/mol. The van der Waals surface area contributed by atoms with Crippen molar-refractivity contribution in [1.29, 1.82) is 5.26 Å². The quantitative estimate of drug-likeness (QED) is 0.726. The van der Waals surface area contributed by atoms with Crippen LogP contribution in [0.4, 0.5) is 0 Å². The van der Waals surface area contributed by atoms with Gasteiger partial charge >= 0.3 is 0 Å². The number of aromatic nitrogens is 2. The Bertz CT molecular complexity index is 822. The minimum Gasteiger partial charge on any atom is -0.390 e. The van der Waals surface area contributed by atoms with Gasteiger partial charge in [-0.25, -0.2) is 0 Å².